The van der Waals surface area contributed by atoms with Crippen LogP contribution < -0.4 is 5.73 Å². The highest BCUT2D eigenvalue weighted by Crippen LogP contribution is 2.16. The summed E-state index contributed by atoms with van der Waals surface area (Å²) in [7, 11) is 0. The van der Waals surface area contributed by atoms with E-state index in [9.17, 15) is 0 Å². The number of aromatic nitrogens is 3. The Bertz CT molecular complexity index is 318. The van der Waals surface area contributed by atoms with Crippen LogP contribution in [0.15, 0.2) is 6.33 Å². The van der Waals surface area contributed by atoms with Crippen LogP contribution in [0.3, 0.4) is 0 Å². The summed E-state index contributed by atoms with van der Waals surface area (Å²) in [6, 6.07) is 1.88. The second kappa shape index (κ2) is 3.54. The summed E-state index contributed by atoms with van der Waals surface area (Å²) >= 11 is 0. The molecule has 1 aromatic rings. The van der Waals surface area contributed by atoms with E-state index in [1.807, 2.05) is 19.9 Å². The maximum absolute atomic E-state index is 8.54. The van der Waals surface area contributed by atoms with Gasteiger partial charge in [0.2, 0.25) is 0 Å². The van der Waals surface area contributed by atoms with Crippen molar-refractivity contribution >= 4 is 0 Å². The van der Waals surface area contributed by atoms with Crippen molar-refractivity contribution in [2.75, 3.05) is 6.54 Å². The summed E-state index contributed by atoms with van der Waals surface area (Å²) in [6.07, 6.45) is 2.41. The van der Waals surface area contributed by atoms with Gasteiger partial charge in [-0.2, -0.15) is 5.26 Å². The molecule has 0 saturated carbocycles. The Morgan fingerprint density at radius 3 is 2.85 bits per heavy atom. The molecule has 0 aromatic carbocycles. The lowest BCUT2D eigenvalue weighted by Crippen LogP contribution is -2.38. The van der Waals surface area contributed by atoms with E-state index in [2.05, 4.69) is 10.1 Å². The lowest BCUT2D eigenvalue weighted by molar-refractivity contribution is 0.284. The Morgan fingerprint density at radius 2 is 2.46 bits per heavy atom. The van der Waals surface area contributed by atoms with Crippen molar-refractivity contribution in [3.63, 3.8) is 0 Å². The van der Waals surface area contributed by atoms with E-state index >= 15 is 0 Å². The molecule has 0 aliphatic carbocycles. The standard InChI is InChI=1S/C8H13N5/c1-3-8(2,5-10)13-6-11-7(4-9)12-13/h6H,3,5,10H2,1-2H3. The zero-order chi connectivity index (χ0) is 9.90. The number of hydrogen-bond donors (Lipinski definition) is 1. The largest absolute Gasteiger partial charge is 0.328 e. The summed E-state index contributed by atoms with van der Waals surface area (Å²) in [5, 5.41) is 12.5. The van der Waals surface area contributed by atoms with Crippen LogP contribution in [0.25, 0.3) is 0 Å². The molecule has 0 bridgehead atoms. The fourth-order valence-electron chi connectivity index (χ4n) is 0.974. The van der Waals surface area contributed by atoms with E-state index < -0.39 is 0 Å². The zero-order valence-electron chi connectivity index (χ0n) is 7.86. The van der Waals surface area contributed by atoms with Crippen LogP contribution in [-0.2, 0) is 5.54 Å². The van der Waals surface area contributed by atoms with Crippen LogP contribution >= 0.6 is 0 Å². The Balaban J connectivity index is 3.00. The van der Waals surface area contributed by atoms with E-state index in [1.54, 1.807) is 11.0 Å². The van der Waals surface area contributed by atoms with Crippen molar-refractivity contribution in [1.29, 1.82) is 5.26 Å². The van der Waals surface area contributed by atoms with Crippen molar-refractivity contribution < 1.29 is 0 Å². The van der Waals surface area contributed by atoms with Gasteiger partial charge in [-0.3, -0.25) is 0 Å². The van der Waals surface area contributed by atoms with Gasteiger partial charge in [0.15, 0.2) is 0 Å². The monoisotopic (exact) mass is 179 g/mol. The van der Waals surface area contributed by atoms with Crippen molar-refractivity contribution in [3.8, 4) is 6.07 Å². The number of hydrogen-bond acceptors (Lipinski definition) is 4. The van der Waals surface area contributed by atoms with Crippen LogP contribution in [0.2, 0.25) is 0 Å². The van der Waals surface area contributed by atoms with Crippen LogP contribution in [-0.4, -0.2) is 21.3 Å². The van der Waals surface area contributed by atoms with Crippen LogP contribution in [0.4, 0.5) is 0 Å². The third-order valence-corrected chi connectivity index (χ3v) is 2.35. The topological polar surface area (TPSA) is 80.5 Å². The number of nitrogens with two attached hydrogens (primary N) is 1. The van der Waals surface area contributed by atoms with Crippen LogP contribution in [0.1, 0.15) is 26.1 Å². The highest BCUT2D eigenvalue weighted by Gasteiger charge is 2.23. The summed E-state index contributed by atoms with van der Waals surface area (Å²) in [6.45, 7) is 4.50. The molecule has 1 atom stereocenters. The molecule has 1 unspecified atom stereocenters. The average molecular weight is 179 g/mol. The maximum atomic E-state index is 8.54. The Labute approximate surface area is 77.2 Å². The smallest absolute Gasteiger partial charge is 0.252 e. The van der Waals surface area contributed by atoms with Gasteiger partial charge in [0.05, 0.1) is 5.54 Å². The van der Waals surface area contributed by atoms with Crippen LogP contribution in [0.5, 0.6) is 0 Å². The molecule has 0 spiro atoms. The molecule has 0 aliphatic rings. The summed E-state index contributed by atoms with van der Waals surface area (Å²) in [5.74, 6) is 0.188. The molecule has 2 N–H and O–H groups in total. The van der Waals surface area contributed by atoms with Crippen molar-refractivity contribution in [2.24, 2.45) is 5.73 Å². The second-order valence-corrected chi connectivity index (χ2v) is 3.18. The Kier molecular flexibility index (Phi) is 2.63. The van der Waals surface area contributed by atoms with E-state index in [4.69, 9.17) is 11.0 Å². The predicted octanol–water partition coefficient (Wildman–Crippen LogP) is 0.234. The fourth-order valence-corrected chi connectivity index (χ4v) is 0.974. The van der Waals surface area contributed by atoms with E-state index in [0.717, 1.165) is 6.42 Å². The third-order valence-electron chi connectivity index (χ3n) is 2.35. The third kappa shape index (κ3) is 1.68. The lowest BCUT2D eigenvalue weighted by atomic mass is 10.0. The van der Waals surface area contributed by atoms with E-state index in [-0.39, 0.29) is 11.4 Å². The molecule has 0 amide bonds. The number of nitriles is 1. The first-order valence-corrected chi connectivity index (χ1v) is 4.18. The molecule has 0 aliphatic heterocycles. The number of nitrogens with zero attached hydrogens (tertiary/aromatic N) is 4. The first kappa shape index (κ1) is 9.68. The van der Waals surface area contributed by atoms with Crippen molar-refractivity contribution in [2.45, 2.75) is 25.8 Å². The molecule has 1 rings (SSSR count). The molecule has 70 valence electrons. The van der Waals surface area contributed by atoms with E-state index in [0.29, 0.717) is 6.54 Å². The molecule has 5 nitrogen and oxygen atoms in total. The summed E-state index contributed by atoms with van der Waals surface area (Å²) in [5.41, 5.74) is 5.39. The molecule has 0 radical (unpaired) electrons. The normalized spacial score (nSPS) is 14.9. The van der Waals surface area contributed by atoms with Gasteiger partial charge in [-0.05, 0) is 13.3 Å². The SMILES string of the molecule is CCC(C)(CN)n1cnc(C#N)n1. The molecule has 1 aromatic heterocycles. The minimum atomic E-state index is -0.234. The minimum Gasteiger partial charge on any atom is -0.328 e. The van der Waals surface area contributed by atoms with Crippen LogP contribution in [0, 0.1) is 11.3 Å². The zero-order valence-corrected chi connectivity index (χ0v) is 7.86. The van der Waals surface area contributed by atoms with Crippen molar-refractivity contribution in [1.82, 2.24) is 14.8 Å². The molecular weight excluding hydrogens is 166 g/mol. The van der Waals surface area contributed by atoms with Gasteiger partial charge in [-0.1, -0.05) is 6.92 Å². The number of rotatable bonds is 3. The minimum absolute atomic E-state index is 0.188. The van der Waals surface area contributed by atoms with Gasteiger partial charge in [0.25, 0.3) is 5.82 Å². The average Bonchev–Trinajstić information content (AvgIpc) is 2.65. The second-order valence-electron chi connectivity index (χ2n) is 3.18. The maximum Gasteiger partial charge on any atom is 0.252 e. The first-order valence-electron chi connectivity index (χ1n) is 4.18. The van der Waals surface area contributed by atoms with Gasteiger partial charge >= 0.3 is 0 Å². The summed E-state index contributed by atoms with van der Waals surface area (Å²) < 4.78 is 1.66. The first-order chi connectivity index (χ1) is 6.16. The molecular formula is C8H13N5. The predicted molar refractivity (Wildman–Crippen MR) is 47.7 cm³/mol. The van der Waals surface area contributed by atoms with E-state index in [1.165, 1.54) is 0 Å². The molecule has 13 heavy (non-hydrogen) atoms. The highest BCUT2D eigenvalue weighted by molar-refractivity contribution is 5.06. The Hall–Kier alpha value is -1.41. The van der Waals surface area contributed by atoms with Gasteiger partial charge < -0.3 is 5.73 Å². The lowest BCUT2D eigenvalue weighted by Gasteiger charge is -2.25. The fraction of sp³-hybridized carbons (Fsp3) is 0.625. The molecule has 5 heteroatoms. The van der Waals surface area contributed by atoms with Gasteiger partial charge in [0.1, 0.15) is 12.4 Å². The van der Waals surface area contributed by atoms with Crippen molar-refractivity contribution in [3.05, 3.63) is 12.2 Å². The summed E-state index contributed by atoms with van der Waals surface area (Å²) in [4.78, 5) is 3.83. The van der Waals surface area contributed by atoms with Gasteiger partial charge in [-0.25, -0.2) is 9.67 Å². The highest BCUT2D eigenvalue weighted by atomic mass is 15.4. The Morgan fingerprint density at radius 1 is 1.77 bits per heavy atom. The molecule has 1 heterocycles. The van der Waals surface area contributed by atoms with Gasteiger partial charge in [0, 0.05) is 6.54 Å². The molecule has 0 saturated heterocycles. The quantitative estimate of drug-likeness (QED) is 0.720. The van der Waals surface area contributed by atoms with Gasteiger partial charge in [-0.15, -0.1) is 5.10 Å². The molecule has 0 fully saturated rings.